The van der Waals surface area contributed by atoms with Gasteiger partial charge in [-0.15, -0.1) is 0 Å². The van der Waals surface area contributed by atoms with Crippen LogP contribution in [0.3, 0.4) is 0 Å². The van der Waals surface area contributed by atoms with Crippen molar-refractivity contribution in [2.24, 2.45) is 0 Å². The van der Waals surface area contributed by atoms with Gasteiger partial charge in [0.05, 0.1) is 31.5 Å². The number of esters is 1. The molecule has 0 radical (unpaired) electrons. The van der Waals surface area contributed by atoms with Crippen LogP contribution < -0.4 is 0 Å². The van der Waals surface area contributed by atoms with Crippen molar-refractivity contribution in [3.8, 4) is 0 Å². The van der Waals surface area contributed by atoms with Crippen LogP contribution in [0.4, 0.5) is 4.39 Å². The van der Waals surface area contributed by atoms with Gasteiger partial charge in [-0.2, -0.15) is 5.10 Å². The molecule has 1 N–H and O–H groups in total. The molecule has 0 bridgehead atoms. The second-order valence-corrected chi connectivity index (χ2v) is 5.46. The standard InChI is InChI=1S/C16H17FN2O3/c1-22-16(21)14-6-12(17)4-2-11(14)9-19-15-7-13(20)5-3-10(15)8-18-19/h2,4,6,8,13,20H,3,5,7,9H2,1H3/t13-/m1/s1. The summed E-state index contributed by atoms with van der Waals surface area (Å²) in [5.74, 6) is -1.06. The Morgan fingerprint density at radius 2 is 2.36 bits per heavy atom. The number of hydrogen-bond donors (Lipinski definition) is 1. The Labute approximate surface area is 127 Å². The van der Waals surface area contributed by atoms with Gasteiger partial charge in [-0.25, -0.2) is 9.18 Å². The van der Waals surface area contributed by atoms with E-state index in [1.54, 1.807) is 16.9 Å². The normalized spacial score (nSPS) is 17.1. The van der Waals surface area contributed by atoms with E-state index in [2.05, 4.69) is 5.10 Å². The number of aromatic nitrogens is 2. The minimum absolute atomic E-state index is 0.197. The van der Waals surface area contributed by atoms with Crippen molar-refractivity contribution in [1.82, 2.24) is 9.78 Å². The third kappa shape index (κ3) is 2.74. The van der Waals surface area contributed by atoms with Crippen LogP contribution in [0.5, 0.6) is 0 Å². The summed E-state index contributed by atoms with van der Waals surface area (Å²) >= 11 is 0. The molecule has 0 aliphatic heterocycles. The number of methoxy groups -OCH3 is 1. The van der Waals surface area contributed by atoms with Crippen molar-refractivity contribution in [3.63, 3.8) is 0 Å². The molecule has 6 heteroatoms. The average Bonchev–Trinajstić information content (AvgIpc) is 2.90. The molecule has 1 aromatic heterocycles. The maximum absolute atomic E-state index is 13.4. The van der Waals surface area contributed by atoms with E-state index in [-0.39, 0.29) is 11.7 Å². The molecule has 1 aliphatic rings. The van der Waals surface area contributed by atoms with Gasteiger partial charge in [0.15, 0.2) is 0 Å². The number of benzene rings is 1. The zero-order valence-electron chi connectivity index (χ0n) is 12.3. The summed E-state index contributed by atoms with van der Waals surface area (Å²) in [5, 5.41) is 14.2. The Hall–Kier alpha value is -2.21. The van der Waals surface area contributed by atoms with Crippen LogP contribution in [0.1, 0.15) is 33.6 Å². The van der Waals surface area contributed by atoms with E-state index in [1.807, 2.05) is 0 Å². The van der Waals surface area contributed by atoms with Crippen molar-refractivity contribution in [1.29, 1.82) is 0 Å². The van der Waals surface area contributed by atoms with Crippen LogP contribution in [-0.2, 0) is 24.1 Å². The topological polar surface area (TPSA) is 64.4 Å². The Bertz CT molecular complexity index is 711. The van der Waals surface area contributed by atoms with E-state index in [9.17, 15) is 14.3 Å². The molecule has 5 nitrogen and oxygen atoms in total. The zero-order valence-corrected chi connectivity index (χ0v) is 12.3. The highest BCUT2D eigenvalue weighted by atomic mass is 19.1. The average molecular weight is 304 g/mol. The number of rotatable bonds is 3. The van der Waals surface area contributed by atoms with Gasteiger partial charge >= 0.3 is 5.97 Å². The maximum Gasteiger partial charge on any atom is 0.338 e. The first-order valence-electron chi connectivity index (χ1n) is 7.17. The van der Waals surface area contributed by atoms with Crippen LogP contribution >= 0.6 is 0 Å². The lowest BCUT2D eigenvalue weighted by molar-refractivity contribution is 0.0598. The number of ether oxygens (including phenoxy) is 1. The molecule has 0 amide bonds. The highest BCUT2D eigenvalue weighted by Crippen LogP contribution is 2.23. The van der Waals surface area contributed by atoms with Crippen molar-refractivity contribution < 1.29 is 19.0 Å². The predicted molar refractivity (Wildman–Crippen MR) is 77.1 cm³/mol. The van der Waals surface area contributed by atoms with E-state index < -0.39 is 11.8 Å². The van der Waals surface area contributed by atoms with E-state index in [4.69, 9.17) is 4.74 Å². The molecule has 1 aliphatic carbocycles. The number of halogens is 1. The summed E-state index contributed by atoms with van der Waals surface area (Å²) in [6, 6.07) is 4.05. The van der Waals surface area contributed by atoms with Crippen LogP contribution in [0.15, 0.2) is 24.4 Å². The molecule has 1 aromatic carbocycles. The van der Waals surface area contributed by atoms with Crippen molar-refractivity contribution >= 4 is 5.97 Å². The molecule has 22 heavy (non-hydrogen) atoms. The SMILES string of the molecule is COC(=O)c1cc(F)ccc1Cn1ncc2c1C[C@H](O)CC2. The van der Waals surface area contributed by atoms with Gasteiger partial charge in [0.1, 0.15) is 5.82 Å². The van der Waals surface area contributed by atoms with Gasteiger partial charge in [0.2, 0.25) is 0 Å². The van der Waals surface area contributed by atoms with Crippen molar-refractivity contribution in [2.45, 2.75) is 31.9 Å². The summed E-state index contributed by atoms with van der Waals surface area (Å²) in [6.07, 6.45) is 3.51. The van der Waals surface area contributed by atoms with E-state index in [1.165, 1.54) is 19.2 Å². The van der Waals surface area contributed by atoms with Crippen molar-refractivity contribution in [2.75, 3.05) is 7.11 Å². The number of nitrogens with zero attached hydrogens (tertiary/aromatic N) is 2. The van der Waals surface area contributed by atoms with Crippen molar-refractivity contribution in [3.05, 3.63) is 52.6 Å². The number of aliphatic hydroxyl groups is 1. The lowest BCUT2D eigenvalue weighted by Crippen LogP contribution is -2.21. The summed E-state index contributed by atoms with van der Waals surface area (Å²) in [4.78, 5) is 11.8. The Morgan fingerprint density at radius 3 is 3.14 bits per heavy atom. The Morgan fingerprint density at radius 1 is 1.55 bits per heavy atom. The monoisotopic (exact) mass is 304 g/mol. The second kappa shape index (κ2) is 5.88. The second-order valence-electron chi connectivity index (χ2n) is 5.46. The van der Waals surface area contributed by atoms with E-state index in [0.29, 0.717) is 18.5 Å². The molecule has 3 rings (SSSR count). The quantitative estimate of drug-likeness (QED) is 0.877. The molecule has 1 atom stereocenters. The number of carbonyl (C=O) groups excluding carboxylic acids is 1. The summed E-state index contributed by atoms with van der Waals surface area (Å²) < 4.78 is 19.9. The fourth-order valence-corrected chi connectivity index (χ4v) is 2.83. The van der Waals surface area contributed by atoms with Gasteiger partial charge in [-0.05, 0) is 36.1 Å². The van der Waals surface area contributed by atoms with E-state index >= 15 is 0 Å². The molecule has 116 valence electrons. The van der Waals surface area contributed by atoms with Crippen LogP contribution in [0.25, 0.3) is 0 Å². The summed E-state index contributed by atoms with van der Waals surface area (Å²) in [5.41, 5.74) is 2.92. The molecule has 0 saturated carbocycles. The first-order valence-corrected chi connectivity index (χ1v) is 7.17. The highest BCUT2D eigenvalue weighted by Gasteiger charge is 2.22. The fraction of sp³-hybridized carbons (Fsp3) is 0.375. The minimum atomic E-state index is -0.574. The lowest BCUT2D eigenvalue weighted by atomic mass is 9.95. The van der Waals surface area contributed by atoms with E-state index in [0.717, 1.165) is 24.1 Å². The molecular formula is C16H17FN2O3. The number of aryl methyl sites for hydroxylation is 1. The smallest absolute Gasteiger partial charge is 0.338 e. The van der Waals surface area contributed by atoms with Crippen LogP contribution in [-0.4, -0.2) is 34.1 Å². The van der Waals surface area contributed by atoms with Crippen LogP contribution in [0.2, 0.25) is 0 Å². The highest BCUT2D eigenvalue weighted by molar-refractivity contribution is 5.91. The van der Waals surface area contributed by atoms with Gasteiger partial charge in [0.25, 0.3) is 0 Å². The molecule has 0 fully saturated rings. The van der Waals surface area contributed by atoms with Crippen LogP contribution in [0, 0.1) is 5.82 Å². The Kier molecular flexibility index (Phi) is 3.94. The largest absolute Gasteiger partial charge is 0.465 e. The third-order valence-corrected chi connectivity index (χ3v) is 4.01. The molecule has 0 unspecified atom stereocenters. The van der Waals surface area contributed by atoms with Gasteiger partial charge in [0, 0.05) is 12.1 Å². The number of aliphatic hydroxyl groups excluding tert-OH is 1. The Balaban J connectivity index is 1.94. The van der Waals surface area contributed by atoms with Gasteiger partial charge in [-0.3, -0.25) is 4.68 Å². The molecule has 0 saturated heterocycles. The minimum Gasteiger partial charge on any atom is -0.465 e. The first-order chi connectivity index (χ1) is 10.6. The zero-order chi connectivity index (χ0) is 15.7. The first kappa shape index (κ1) is 14.7. The molecule has 2 aromatic rings. The predicted octanol–water partition coefficient (Wildman–Crippen LogP) is 1.71. The fourth-order valence-electron chi connectivity index (χ4n) is 2.83. The summed E-state index contributed by atoms with van der Waals surface area (Å²) in [6.45, 7) is 0.340. The number of carbonyl (C=O) groups is 1. The molecule has 0 spiro atoms. The lowest BCUT2D eigenvalue weighted by Gasteiger charge is -2.19. The maximum atomic E-state index is 13.4. The van der Waals surface area contributed by atoms with Gasteiger partial charge in [-0.1, -0.05) is 6.07 Å². The molecule has 1 heterocycles. The number of hydrogen-bond acceptors (Lipinski definition) is 4. The summed E-state index contributed by atoms with van der Waals surface area (Å²) in [7, 11) is 1.27. The third-order valence-electron chi connectivity index (χ3n) is 4.01. The van der Waals surface area contributed by atoms with Gasteiger partial charge < -0.3 is 9.84 Å². The molecular weight excluding hydrogens is 287 g/mol. The number of fused-ring (bicyclic) bond motifs is 1.